The number of aliphatic hydroxyl groups is 1. The molecule has 21 heavy (non-hydrogen) atoms. The molecule has 1 amide bonds. The molecule has 0 aliphatic heterocycles. The molecule has 0 saturated heterocycles. The van der Waals surface area contributed by atoms with Crippen molar-refractivity contribution in [1.82, 2.24) is 0 Å². The van der Waals surface area contributed by atoms with Gasteiger partial charge in [0.15, 0.2) is 0 Å². The Morgan fingerprint density at radius 3 is 2.81 bits per heavy atom. The molecule has 0 heterocycles. The van der Waals surface area contributed by atoms with Crippen LogP contribution < -0.4 is 5.32 Å². The van der Waals surface area contributed by atoms with Crippen molar-refractivity contribution in [2.75, 3.05) is 11.9 Å². The lowest BCUT2D eigenvalue weighted by Gasteiger charge is -2.07. The zero-order chi connectivity index (χ0) is 15.2. The average Bonchev–Trinajstić information content (AvgIpc) is 2.46. The zero-order valence-electron chi connectivity index (χ0n) is 10.9. The van der Waals surface area contributed by atoms with E-state index < -0.39 is 11.7 Å². The summed E-state index contributed by atoms with van der Waals surface area (Å²) in [6.45, 7) is -0.341. The van der Waals surface area contributed by atoms with Crippen LogP contribution in [0.15, 0.2) is 42.5 Å². The lowest BCUT2D eigenvalue weighted by atomic mass is 10.1. The standard InChI is InChI=1S/C16H11ClFNO2/c17-12-4-1-5-14(9-12)19-16(21)15-10-13(18)7-6-11(15)3-2-8-20/h1,4-7,9-10,20H,8H2,(H,19,21). The summed E-state index contributed by atoms with van der Waals surface area (Å²) in [5.41, 5.74) is 0.929. The highest BCUT2D eigenvalue weighted by Crippen LogP contribution is 2.17. The van der Waals surface area contributed by atoms with Crippen LogP contribution >= 0.6 is 11.6 Å². The van der Waals surface area contributed by atoms with Gasteiger partial charge in [0, 0.05) is 16.3 Å². The van der Waals surface area contributed by atoms with E-state index in [1.165, 1.54) is 12.1 Å². The Kier molecular flexibility index (Phi) is 4.94. The Bertz CT molecular complexity index is 735. The van der Waals surface area contributed by atoms with E-state index in [2.05, 4.69) is 17.2 Å². The first-order valence-corrected chi connectivity index (χ1v) is 6.44. The molecule has 0 aromatic heterocycles. The number of carbonyl (C=O) groups is 1. The first-order chi connectivity index (χ1) is 10.1. The molecule has 2 aromatic carbocycles. The minimum absolute atomic E-state index is 0.0934. The summed E-state index contributed by atoms with van der Waals surface area (Å²) in [7, 11) is 0. The number of carbonyl (C=O) groups excluding carboxylic acids is 1. The van der Waals surface area contributed by atoms with Gasteiger partial charge in [-0.1, -0.05) is 29.5 Å². The molecule has 0 radical (unpaired) electrons. The van der Waals surface area contributed by atoms with E-state index in [0.717, 1.165) is 6.07 Å². The van der Waals surface area contributed by atoms with Crippen LogP contribution in [0.4, 0.5) is 10.1 Å². The van der Waals surface area contributed by atoms with E-state index in [1.54, 1.807) is 24.3 Å². The van der Waals surface area contributed by atoms with Gasteiger partial charge in [-0.2, -0.15) is 0 Å². The molecule has 0 fully saturated rings. The van der Waals surface area contributed by atoms with Crippen LogP contribution in [-0.4, -0.2) is 17.6 Å². The predicted molar refractivity (Wildman–Crippen MR) is 79.8 cm³/mol. The van der Waals surface area contributed by atoms with Crippen molar-refractivity contribution in [2.24, 2.45) is 0 Å². The lowest BCUT2D eigenvalue weighted by molar-refractivity contribution is 0.102. The highest BCUT2D eigenvalue weighted by Gasteiger charge is 2.12. The number of hydrogen-bond acceptors (Lipinski definition) is 2. The SMILES string of the molecule is O=C(Nc1cccc(Cl)c1)c1cc(F)ccc1C#CCO. The second-order valence-corrected chi connectivity index (χ2v) is 4.55. The normalized spacial score (nSPS) is 9.67. The van der Waals surface area contributed by atoms with Gasteiger partial charge in [-0.05, 0) is 36.4 Å². The van der Waals surface area contributed by atoms with Gasteiger partial charge in [0.25, 0.3) is 5.91 Å². The van der Waals surface area contributed by atoms with Gasteiger partial charge >= 0.3 is 0 Å². The Hall–Kier alpha value is -2.35. The van der Waals surface area contributed by atoms with Crippen molar-refractivity contribution in [2.45, 2.75) is 0 Å². The molecular formula is C16H11ClFNO2. The van der Waals surface area contributed by atoms with E-state index in [1.807, 2.05) is 0 Å². The van der Waals surface area contributed by atoms with Gasteiger partial charge < -0.3 is 10.4 Å². The number of aliphatic hydroxyl groups excluding tert-OH is 1. The molecule has 0 atom stereocenters. The van der Waals surface area contributed by atoms with Crippen LogP contribution in [0.3, 0.4) is 0 Å². The summed E-state index contributed by atoms with van der Waals surface area (Å²) < 4.78 is 13.3. The molecule has 0 unspecified atom stereocenters. The first kappa shape index (κ1) is 15.0. The number of rotatable bonds is 2. The number of benzene rings is 2. The first-order valence-electron chi connectivity index (χ1n) is 6.06. The van der Waals surface area contributed by atoms with Gasteiger partial charge in [-0.3, -0.25) is 4.79 Å². The Morgan fingerprint density at radius 1 is 1.29 bits per heavy atom. The number of hydrogen-bond donors (Lipinski definition) is 2. The van der Waals surface area contributed by atoms with Crippen molar-refractivity contribution in [3.8, 4) is 11.8 Å². The van der Waals surface area contributed by atoms with Crippen molar-refractivity contribution in [3.05, 3.63) is 64.4 Å². The summed E-state index contributed by atoms with van der Waals surface area (Å²) in [6, 6.07) is 10.3. The second-order valence-electron chi connectivity index (χ2n) is 4.11. The third-order valence-electron chi connectivity index (χ3n) is 2.61. The molecule has 0 aliphatic carbocycles. The smallest absolute Gasteiger partial charge is 0.257 e. The number of anilines is 1. The largest absolute Gasteiger partial charge is 0.384 e. The molecule has 0 aliphatic rings. The van der Waals surface area contributed by atoms with Gasteiger partial charge in [-0.25, -0.2) is 4.39 Å². The Balaban J connectivity index is 2.32. The summed E-state index contributed by atoms with van der Waals surface area (Å²) in [5.74, 6) is 4.01. The predicted octanol–water partition coefficient (Wildman–Crippen LogP) is 3.08. The van der Waals surface area contributed by atoms with Crippen LogP contribution in [0, 0.1) is 17.7 Å². The average molecular weight is 304 g/mol. The van der Waals surface area contributed by atoms with Crippen molar-refractivity contribution < 1.29 is 14.3 Å². The maximum Gasteiger partial charge on any atom is 0.257 e. The monoisotopic (exact) mass is 303 g/mol. The quantitative estimate of drug-likeness (QED) is 0.838. The lowest BCUT2D eigenvalue weighted by Crippen LogP contribution is -2.14. The van der Waals surface area contributed by atoms with Crippen LogP contribution in [0.25, 0.3) is 0 Å². The third kappa shape index (κ3) is 4.06. The molecular weight excluding hydrogens is 293 g/mol. The third-order valence-corrected chi connectivity index (χ3v) is 2.85. The van der Waals surface area contributed by atoms with E-state index >= 15 is 0 Å². The van der Waals surface area contributed by atoms with Crippen LogP contribution in [-0.2, 0) is 0 Å². The van der Waals surface area contributed by atoms with E-state index in [9.17, 15) is 9.18 Å². The molecule has 0 saturated carbocycles. The molecule has 0 bridgehead atoms. The Labute approximate surface area is 126 Å². The number of amides is 1. The van der Waals surface area contributed by atoms with E-state index in [-0.39, 0.29) is 12.2 Å². The van der Waals surface area contributed by atoms with Gasteiger partial charge in [0.2, 0.25) is 0 Å². The minimum Gasteiger partial charge on any atom is -0.384 e. The molecule has 0 spiro atoms. The van der Waals surface area contributed by atoms with Crippen LogP contribution in [0.1, 0.15) is 15.9 Å². The number of halogens is 2. The second kappa shape index (κ2) is 6.89. The highest BCUT2D eigenvalue weighted by molar-refractivity contribution is 6.31. The number of nitrogens with one attached hydrogen (secondary N) is 1. The van der Waals surface area contributed by atoms with Gasteiger partial charge in [0.1, 0.15) is 12.4 Å². The fourth-order valence-electron chi connectivity index (χ4n) is 1.71. The molecule has 2 N–H and O–H groups in total. The molecule has 106 valence electrons. The topological polar surface area (TPSA) is 49.3 Å². The van der Waals surface area contributed by atoms with Crippen molar-refractivity contribution in [1.29, 1.82) is 0 Å². The molecule has 3 nitrogen and oxygen atoms in total. The van der Waals surface area contributed by atoms with Crippen LogP contribution in [0.5, 0.6) is 0 Å². The van der Waals surface area contributed by atoms with E-state index in [4.69, 9.17) is 16.7 Å². The summed E-state index contributed by atoms with van der Waals surface area (Å²) in [4.78, 5) is 12.2. The maximum atomic E-state index is 13.3. The van der Waals surface area contributed by atoms with Gasteiger partial charge in [0.05, 0.1) is 5.56 Å². The maximum absolute atomic E-state index is 13.3. The highest BCUT2D eigenvalue weighted by atomic mass is 35.5. The van der Waals surface area contributed by atoms with Crippen molar-refractivity contribution >= 4 is 23.2 Å². The Morgan fingerprint density at radius 2 is 2.10 bits per heavy atom. The van der Waals surface area contributed by atoms with Gasteiger partial charge in [-0.15, -0.1) is 0 Å². The minimum atomic E-state index is -0.541. The fraction of sp³-hybridized carbons (Fsp3) is 0.0625. The molecule has 2 rings (SSSR count). The summed E-state index contributed by atoms with van der Waals surface area (Å²) >= 11 is 5.84. The zero-order valence-corrected chi connectivity index (χ0v) is 11.6. The summed E-state index contributed by atoms with van der Waals surface area (Å²) in [5, 5.41) is 11.8. The fourth-order valence-corrected chi connectivity index (χ4v) is 1.90. The van der Waals surface area contributed by atoms with Crippen LogP contribution in [0.2, 0.25) is 5.02 Å². The summed E-state index contributed by atoms with van der Waals surface area (Å²) in [6.07, 6.45) is 0. The van der Waals surface area contributed by atoms with Crippen molar-refractivity contribution in [3.63, 3.8) is 0 Å². The molecule has 5 heteroatoms. The van der Waals surface area contributed by atoms with E-state index in [0.29, 0.717) is 16.3 Å². The molecule has 2 aromatic rings.